The van der Waals surface area contributed by atoms with Gasteiger partial charge >= 0.3 is 12.5 Å². The van der Waals surface area contributed by atoms with Crippen LogP contribution in [0.25, 0.3) is 0 Å². The summed E-state index contributed by atoms with van der Waals surface area (Å²) >= 11 is 0. The predicted molar refractivity (Wildman–Crippen MR) is 99.7 cm³/mol. The summed E-state index contributed by atoms with van der Waals surface area (Å²) in [5, 5.41) is 12.8. The van der Waals surface area contributed by atoms with Gasteiger partial charge in [0.2, 0.25) is 5.79 Å². The molecule has 1 saturated heterocycles. The number of nitrogens with zero attached hydrogens (tertiary/aromatic N) is 1. The van der Waals surface area contributed by atoms with E-state index in [4.69, 9.17) is 4.74 Å². The molecule has 0 radical (unpaired) electrons. The molecule has 0 aliphatic carbocycles. The van der Waals surface area contributed by atoms with Gasteiger partial charge in [-0.05, 0) is 48.5 Å². The topological polar surface area (TPSA) is 88.1 Å². The van der Waals surface area contributed by atoms with Gasteiger partial charge in [0.25, 0.3) is 5.91 Å². The number of nitrogens with one attached hydrogen (secondary N) is 1. The number of amides is 2. The number of piperidine rings is 1. The molecule has 0 aromatic heterocycles. The summed E-state index contributed by atoms with van der Waals surface area (Å²) in [4.78, 5) is 25.9. The average molecular weight is 442 g/mol. The fourth-order valence-corrected chi connectivity index (χ4v) is 2.99. The fourth-order valence-electron chi connectivity index (χ4n) is 2.99. The van der Waals surface area contributed by atoms with E-state index < -0.39 is 29.8 Å². The summed E-state index contributed by atoms with van der Waals surface area (Å²) in [5.41, 5.74) is 0.426. The van der Waals surface area contributed by atoms with Crippen LogP contribution in [0.1, 0.15) is 23.2 Å². The first kappa shape index (κ1) is 22.3. The van der Waals surface area contributed by atoms with Crippen molar-refractivity contribution in [2.45, 2.75) is 25.0 Å². The zero-order chi connectivity index (χ0) is 22.6. The van der Waals surface area contributed by atoms with Crippen LogP contribution in [-0.2, 0) is 4.74 Å². The molecule has 166 valence electrons. The normalized spacial score (nSPS) is 15.8. The van der Waals surface area contributed by atoms with Gasteiger partial charge in [-0.15, -0.1) is 13.2 Å². The molecule has 2 amide bonds. The quantitative estimate of drug-likeness (QED) is 0.554. The molecule has 0 atom stereocenters. The molecule has 7 nitrogen and oxygen atoms in total. The zero-order valence-electron chi connectivity index (χ0n) is 16.0. The summed E-state index contributed by atoms with van der Waals surface area (Å²) in [6.07, 6.45) is -5.94. The number of hydrogen-bond acceptors (Lipinski definition) is 5. The lowest BCUT2D eigenvalue weighted by Crippen LogP contribution is -2.49. The third-order valence-corrected chi connectivity index (χ3v) is 4.54. The summed E-state index contributed by atoms with van der Waals surface area (Å²) in [5.74, 6) is -3.08. The zero-order valence-corrected chi connectivity index (χ0v) is 16.0. The van der Waals surface area contributed by atoms with Crippen LogP contribution in [0, 0.1) is 5.82 Å². The number of aliphatic hydroxyl groups is 1. The molecule has 1 fully saturated rings. The second-order valence-electron chi connectivity index (χ2n) is 6.83. The van der Waals surface area contributed by atoms with E-state index in [1.165, 1.54) is 41.3 Å². The fraction of sp³-hybridized carbons (Fsp3) is 0.300. The van der Waals surface area contributed by atoms with E-state index >= 15 is 0 Å². The Kier molecular flexibility index (Phi) is 6.34. The number of carbonyl (C=O) groups is 2. The van der Waals surface area contributed by atoms with Gasteiger partial charge in [-0.25, -0.2) is 9.18 Å². The van der Waals surface area contributed by atoms with Crippen LogP contribution in [0.15, 0.2) is 48.5 Å². The first-order chi connectivity index (χ1) is 14.5. The van der Waals surface area contributed by atoms with Crippen molar-refractivity contribution in [3.8, 4) is 5.75 Å². The number of halogens is 4. The molecule has 0 bridgehead atoms. The SMILES string of the molecule is O=C(Nc1ccc(OC(F)(F)F)cc1)OC1(O)CCN(C(=O)c2ccc(F)cc2)CC1. The predicted octanol–water partition coefficient (Wildman–Crippen LogP) is 3.90. The summed E-state index contributed by atoms with van der Waals surface area (Å²) < 4.78 is 58.3. The van der Waals surface area contributed by atoms with Crippen LogP contribution < -0.4 is 10.1 Å². The van der Waals surface area contributed by atoms with Gasteiger partial charge in [0, 0.05) is 37.2 Å². The van der Waals surface area contributed by atoms with Crippen molar-refractivity contribution in [1.29, 1.82) is 0 Å². The number of likely N-dealkylation sites (tertiary alicyclic amines) is 1. The number of rotatable bonds is 4. The summed E-state index contributed by atoms with van der Waals surface area (Å²) in [6, 6.07) is 9.42. The molecule has 2 aromatic carbocycles. The molecule has 11 heteroatoms. The van der Waals surface area contributed by atoms with Gasteiger partial charge in [-0.1, -0.05) is 0 Å². The molecule has 3 rings (SSSR count). The molecule has 0 saturated carbocycles. The van der Waals surface area contributed by atoms with Gasteiger partial charge < -0.3 is 19.5 Å². The van der Waals surface area contributed by atoms with E-state index in [9.17, 15) is 32.3 Å². The van der Waals surface area contributed by atoms with Crippen molar-refractivity contribution < 1.29 is 41.7 Å². The van der Waals surface area contributed by atoms with E-state index in [2.05, 4.69) is 10.1 Å². The lowest BCUT2D eigenvalue weighted by Gasteiger charge is -2.37. The second kappa shape index (κ2) is 8.80. The monoisotopic (exact) mass is 442 g/mol. The molecule has 31 heavy (non-hydrogen) atoms. The number of alkyl halides is 3. The minimum Gasteiger partial charge on any atom is -0.417 e. The van der Waals surface area contributed by atoms with Crippen LogP contribution in [0.3, 0.4) is 0 Å². The maximum atomic E-state index is 13.0. The van der Waals surface area contributed by atoms with Crippen LogP contribution in [-0.4, -0.2) is 47.2 Å². The third kappa shape index (κ3) is 6.32. The molecule has 2 aromatic rings. The Morgan fingerprint density at radius 3 is 2.13 bits per heavy atom. The Morgan fingerprint density at radius 2 is 1.58 bits per heavy atom. The number of anilines is 1. The van der Waals surface area contributed by atoms with E-state index in [-0.39, 0.29) is 37.5 Å². The highest BCUT2D eigenvalue weighted by atomic mass is 19.4. The molecule has 1 aliphatic rings. The Morgan fingerprint density at radius 1 is 1.00 bits per heavy atom. The van der Waals surface area contributed by atoms with Crippen LogP contribution >= 0.6 is 0 Å². The van der Waals surface area contributed by atoms with Crippen LogP contribution in [0.4, 0.5) is 28.0 Å². The van der Waals surface area contributed by atoms with E-state index in [0.717, 1.165) is 12.1 Å². The number of ether oxygens (including phenoxy) is 2. The number of hydrogen-bond donors (Lipinski definition) is 2. The second-order valence-corrected chi connectivity index (χ2v) is 6.83. The van der Waals surface area contributed by atoms with Gasteiger partial charge in [0.05, 0.1) is 0 Å². The lowest BCUT2D eigenvalue weighted by atomic mass is 10.0. The van der Waals surface area contributed by atoms with Crippen molar-refractivity contribution in [2.24, 2.45) is 0 Å². The van der Waals surface area contributed by atoms with Crippen molar-refractivity contribution in [1.82, 2.24) is 4.90 Å². The van der Waals surface area contributed by atoms with Crippen molar-refractivity contribution in [2.75, 3.05) is 18.4 Å². The summed E-state index contributed by atoms with van der Waals surface area (Å²) in [7, 11) is 0. The van der Waals surface area contributed by atoms with Crippen LogP contribution in [0.5, 0.6) is 5.75 Å². The Hall–Kier alpha value is -3.34. The van der Waals surface area contributed by atoms with Gasteiger partial charge in [0.1, 0.15) is 11.6 Å². The van der Waals surface area contributed by atoms with E-state index in [0.29, 0.717) is 5.56 Å². The highest BCUT2D eigenvalue weighted by Gasteiger charge is 2.37. The largest absolute Gasteiger partial charge is 0.573 e. The first-order valence-corrected chi connectivity index (χ1v) is 9.16. The average Bonchev–Trinajstić information content (AvgIpc) is 2.69. The molecule has 0 unspecified atom stereocenters. The highest BCUT2D eigenvalue weighted by Crippen LogP contribution is 2.27. The Balaban J connectivity index is 1.50. The van der Waals surface area contributed by atoms with E-state index in [1.807, 2.05) is 0 Å². The van der Waals surface area contributed by atoms with E-state index in [1.54, 1.807) is 0 Å². The van der Waals surface area contributed by atoms with Crippen molar-refractivity contribution in [3.63, 3.8) is 0 Å². The Bertz CT molecular complexity index is 924. The van der Waals surface area contributed by atoms with Crippen LogP contribution in [0.2, 0.25) is 0 Å². The van der Waals surface area contributed by atoms with Crippen molar-refractivity contribution >= 4 is 17.7 Å². The molecular formula is C20H18F4N2O5. The number of carbonyl (C=O) groups excluding carboxylic acids is 2. The molecule has 1 heterocycles. The third-order valence-electron chi connectivity index (χ3n) is 4.54. The standard InChI is InChI=1S/C20H18F4N2O5/c21-14-3-1-13(2-4-14)17(27)26-11-9-19(29,10-12-26)31-18(28)25-15-5-7-16(8-6-15)30-20(22,23)24/h1-8,29H,9-12H2,(H,25,28). The number of benzene rings is 2. The first-order valence-electron chi connectivity index (χ1n) is 9.16. The molecule has 0 spiro atoms. The minimum absolute atomic E-state index is 0.0499. The summed E-state index contributed by atoms with van der Waals surface area (Å²) in [6.45, 7) is 0.201. The van der Waals surface area contributed by atoms with Gasteiger partial charge in [0.15, 0.2) is 0 Å². The molecule has 2 N–H and O–H groups in total. The van der Waals surface area contributed by atoms with Gasteiger partial charge in [-0.2, -0.15) is 0 Å². The smallest absolute Gasteiger partial charge is 0.417 e. The maximum Gasteiger partial charge on any atom is 0.573 e. The Labute approximate surface area is 174 Å². The molecule has 1 aliphatic heterocycles. The van der Waals surface area contributed by atoms with Crippen molar-refractivity contribution in [3.05, 3.63) is 59.9 Å². The highest BCUT2D eigenvalue weighted by molar-refractivity contribution is 5.94. The lowest BCUT2D eigenvalue weighted by molar-refractivity contribution is -0.274. The molecular weight excluding hydrogens is 424 g/mol. The van der Waals surface area contributed by atoms with Gasteiger partial charge in [-0.3, -0.25) is 10.1 Å². The minimum atomic E-state index is -4.83. The maximum absolute atomic E-state index is 13.0.